The molecule has 1 fully saturated rings. The Hall–Kier alpha value is -2.00. The standard InChI is InChI=1S/C18H20O3/c19-18(21-16-11-5-2-6-12-16)14-8-7-13-17(18)20-15-9-3-1-4-10-15/h1-6,9-12,17,19H,7-8,13-14H2. The van der Waals surface area contributed by atoms with Gasteiger partial charge in [0.05, 0.1) is 0 Å². The molecule has 0 aromatic heterocycles. The van der Waals surface area contributed by atoms with Crippen LogP contribution in [0.1, 0.15) is 25.7 Å². The summed E-state index contributed by atoms with van der Waals surface area (Å²) in [4.78, 5) is 0. The Balaban J connectivity index is 1.77. The van der Waals surface area contributed by atoms with E-state index in [9.17, 15) is 5.11 Å². The molecule has 0 aliphatic heterocycles. The topological polar surface area (TPSA) is 38.7 Å². The van der Waals surface area contributed by atoms with Gasteiger partial charge in [0.2, 0.25) is 5.79 Å². The third-order valence-electron chi connectivity index (χ3n) is 3.81. The minimum absolute atomic E-state index is 0.353. The second-order valence-electron chi connectivity index (χ2n) is 5.43. The summed E-state index contributed by atoms with van der Waals surface area (Å²) in [5.74, 6) is 0.165. The Morgan fingerprint density at radius 2 is 1.48 bits per heavy atom. The molecule has 0 saturated heterocycles. The number of hydrogen-bond donors (Lipinski definition) is 1. The molecule has 1 N–H and O–H groups in total. The predicted octanol–water partition coefficient (Wildman–Crippen LogP) is 3.78. The molecule has 0 bridgehead atoms. The highest BCUT2D eigenvalue weighted by Gasteiger charge is 2.43. The van der Waals surface area contributed by atoms with Gasteiger partial charge in [-0.1, -0.05) is 36.4 Å². The Morgan fingerprint density at radius 1 is 0.857 bits per heavy atom. The molecule has 2 atom stereocenters. The number of hydrogen-bond acceptors (Lipinski definition) is 3. The van der Waals surface area contributed by atoms with E-state index in [-0.39, 0.29) is 6.10 Å². The lowest BCUT2D eigenvalue weighted by Gasteiger charge is -2.39. The number of benzene rings is 2. The summed E-state index contributed by atoms with van der Waals surface area (Å²) in [5, 5.41) is 10.9. The highest BCUT2D eigenvalue weighted by Crippen LogP contribution is 2.34. The highest BCUT2D eigenvalue weighted by molar-refractivity contribution is 5.23. The van der Waals surface area contributed by atoms with Gasteiger partial charge in [-0.05, 0) is 43.5 Å². The van der Waals surface area contributed by atoms with Gasteiger partial charge in [-0.15, -0.1) is 0 Å². The first-order valence-corrected chi connectivity index (χ1v) is 7.44. The van der Waals surface area contributed by atoms with Crippen molar-refractivity contribution in [2.24, 2.45) is 0 Å². The molecule has 1 aliphatic rings. The molecule has 0 spiro atoms. The lowest BCUT2D eigenvalue weighted by molar-refractivity contribution is -0.214. The molecule has 1 aliphatic carbocycles. The number of aliphatic hydroxyl groups is 1. The lowest BCUT2D eigenvalue weighted by Crippen LogP contribution is -2.52. The molecule has 2 aromatic carbocycles. The van der Waals surface area contributed by atoms with Gasteiger partial charge in [0.1, 0.15) is 11.5 Å². The minimum Gasteiger partial charge on any atom is -0.484 e. The first-order valence-electron chi connectivity index (χ1n) is 7.44. The lowest BCUT2D eigenvalue weighted by atomic mass is 9.91. The fourth-order valence-electron chi connectivity index (χ4n) is 2.72. The average Bonchev–Trinajstić information content (AvgIpc) is 2.52. The van der Waals surface area contributed by atoms with E-state index >= 15 is 0 Å². The van der Waals surface area contributed by atoms with Crippen LogP contribution >= 0.6 is 0 Å². The van der Waals surface area contributed by atoms with Crippen LogP contribution in [-0.2, 0) is 0 Å². The van der Waals surface area contributed by atoms with E-state index in [4.69, 9.17) is 9.47 Å². The zero-order valence-corrected chi connectivity index (χ0v) is 11.9. The summed E-state index contributed by atoms with van der Waals surface area (Å²) in [6.07, 6.45) is 3.00. The van der Waals surface area contributed by atoms with E-state index in [0.717, 1.165) is 25.0 Å². The van der Waals surface area contributed by atoms with Crippen LogP contribution in [0.2, 0.25) is 0 Å². The first-order chi connectivity index (χ1) is 10.3. The summed E-state index contributed by atoms with van der Waals surface area (Å²) in [6.45, 7) is 0. The van der Waals surface area contributed by atoms with Gasteiger partial charge in [0, 0.05) is 6.42 Å². The summed E-state index contributed by atoms with van der Waals surface area (Å²) >= 11 is 0. The number of rotatable bonds is 4. The summed E-state index contributed by atoms with van der Waals surface area (Å²) in [5.41, 5.74) is 0. The van der Waals surface area contributed by atoms with Crippen LogP contribution in [0.25, 0.3) is 0 Å². The third-order valence-corrected chi connectivity index (χ3v) is 3.81. The Bertz CT molecular complexity index is 555. The maximum absolute atomic E-state index is 10.9. The van der Waals surface area contributed by atoms with Crippen LogP contribution in [0.3, 0.4) is 0 Å². The summed E-state index contributed by atoms with van der Waals surface area (Å²) < 4.78 is 11.8. The fraction of sp³-hybridized carbons (Fsp3) is 0.333. The fourth-order valence-corrected chi connectivity index (χ4v) is 2.72. The van der Waals surface area contributed by atoms with Gasteiger partial charge < -0.3 is 14.6 Å². The molecule has 21 heavy (non-hydrogen) atoms. The molecule has 2 unspecified atom stereocenters. The van der Waals surface area contributed by atoms with Crippen molar-refractivity contribution in [3.05, 3.63) is 60.7 Å². The monoisotopic (exact) mass is 284 g/mol. The van der Waals surface area contributed by atoms with Crippen molar-refractivity contribution in [2.75, 3.05) is 0 Å². The van der Waals surface area contributed by atoms with Crippen molar-refractivity contribution < 1.29 is 14.6 Å². The van der Waals surface area contributed by atoms with Crippen LogP contribution in [-0.4, -0.2) is 17.0 Å². The zero-order chi connectivity index (χ0) is 14.5. The normalized spacial score (nSPS) is 25.3. The molecule has 2 aromatic rings. The van der Waals surface area contributed by atoms with Gasteiger partial charge in [-0.2, -0.15) is 0 Å². The molecular formula is C18H20O3. The van der Waals surface area contributed by atoms with Gasteiger partial charge in [0.25, 0.3) is 0 Å². The summed E-state index contributed by atoms with van der Waals surface area (Å²) in [7, 11) is 0. The quantitative estimate of drug-likeness (QED) is 0.868. The average molecular weight is 284 g/mol. The highest BCUT2D eigenvalue weighted by atomic mass is 16.7. The zero-order valence-electron chi connectivity index (χ0n) is 11.9. The van der Waals surface area contributed by atoms with Crippen molar-refractivity contribution in [3.63, 3.8) is 0 Å². The van der Waals surface area contributed by atoms with Crippen molar-refractivity contribution >= 4 is 0 Å². The van der Waals surface area contributed by atoms with E-state index in [1.165, 1.54) is 0 Å². The molecule has 3 nitrogen and oxygen atoms in total. The molecule has 0 amide bonds. The molecule has 1 saturated carbocycles. The van der Waals surface area contributed by atoms with Gasteiger partial charge in [0.15, 0.2) is 6.10 Å². The molecule has 3 heteroatoms. The van der Waals surface area contributed by atoms with Crippen LogP contribution in [0, 0.1) is 0 Å². The number of para-hydroxylation sites is 2. The first kappa shape index (κ1) is 14.0. The third kappa shape index (κ3) is 3.37. The molecule has 110 valence electrons. The van der Waals surface area contributed by atoms with Gasteiger partial charge in [-0.3, -0.25) is 0 Å². The van der Waals surface area contributed by atoms with E-state index in [1.54, 1.807) is 0 Å². The van der Waals surface area contributed by atoms with E-state index in [0.29, 0.717) is 12.2 Å². The Kier molecular flexibility index (Phi) is 4.11. The molecule has 0 heterocycles. The minimum atomic E-state index is -1.27. The predicted molar refractivity (Wildman–Crippen MR) is 81.3 cm³/mol. The van der Waals surface area contributed by atoms with E-state index in [1.807, 2.05) is 60.7 Å². The maximum Gasteiger partial charge on any atom is 0.245 e. The van der Waals surface area contributed by atoms with Crippen molar-refractivity contribution in [1.82, 2.24) is 0 Å². The number of ether oxygens (including phenoxy) is 2. The Morgan fingerprint density at radius 3 is 2.14 bits per heavy atom. The van der Waals surface area contributed by atoms with Crippen molar-refractivity contribution in [2.45, 2.75) is 37.6 Å². The molecular weight excluding hydrogens is 264 g/mol. The van der Waals surface area contributed by atoms with Gasteiger partial charge >= 0.3 is 0 Å². The second kappa shape index (κ2) is 6.19. The van der Waals surface area contributed by atoms with Crippen molar-refractivity contribution in [3.8, 4) is 11.5 Å². The second-order valence-corrected chi connectivity index (χ2v) is 5.43. The van der Waals surface area contributed by atoms with Crippen LogP contribution in [0.5, 0.6) is 11.5 Å². The van der Waals surface area contributed by atoms with Crippen LogP contribution in [0.15, 0.2) is 60.7 Å². The Labute approximate surface area is 125 Å². The summed E-state index contributed by atoms with van der Waals surface area (Å²) in [6, 6.07) is 19.0. The smallest absolute Gasteiger partial charge is 0.245 e. The maximum atomic E-state index is 10.9. The van der Waals surface area contributed by atoms with Gasteiger partial charge in [-0.25, -0.2) is 0 Å². The van der Waals surface area contributed by atoms with Crippen LogP contribution < -0.4 is 9.47 Å². The molecule has 0 radical (unpaired) electrons. The SMILES string of the molecule is OC1(Oc2ccccc2)CCCCC1Oc1ccccc1. The van der Waals surface area contributed by atoms with Crippen LogP contribution in [0.4, 0.5) is 0 Å². The van der Waals surface area contributed by atoms with E-state index in [2.05, 4.69) is 0 Å². The van der Waals surface area contributed by atoms with E-state index < -0.39 is 5.79 Å². The molecule has 3 rings (SSSR count). The van der Waals surface area contributed by atoms with Crippen molar-refractivity contribution in [1.29, 1.82) is 0 Å². The largest absolute Gasteiger partial charge is 0.484 e.